The molecule has 1 amide bonds. The van der Waals surface area contributed by atoms with Crippen molar-refractivity contribution in [2.45, 2.75) is 39.3 Å². The van der Waals surface area contributed by atoms with Crippen LogP contribution in [0.2, 0.25) is 0 Å². The zero-order valence-electron chi connectivity index (χ0n) is 16.7. The van der Waals surface area contributed by atoms with Crippen molar-refractivity contribution in [2.75, 3.05) is 5.32 Å². The van der Waals surface area contributed by atoms with Gasteiger partial charge in [0.1, 0.15) is 16.5 Å². The van der Waals surface area contributed by atoms with E-state index in [2.05, 4.69) is 17.6 Å². The molecule has 3 heterocycles. The number of hydrogen-bond donors (Lipinski definition) is 2. The van der Waals surface area contributed by atoms with Gasteiger partial charge in [-0.15, -0.1) is 11.3 Å². The van der Waals surface area contributed by atoms with Crippen LogP contribution in [0, 0.1) is 23.0 Å². The van der Waals surface area contributed by atoms with E-state index in [0.717, 1.165) is 35.4 Å². The Labute approximate surface area is 177 Å². The van der Waals surface area contributed by atoms with E-state index in [9.17, 15) is 14.9 Å². The van der Waals surface area contributed by atoms with Crippen LogP contribution in [0.4, 0.5) is 10.7 Å². The van der Waals surface area contributed by atoms with Gasteiger partial charge in [0.2, 0.25) is 0 Å². The third-order valence-electron chi connectivity index (χ3n) is 5.82. The average molecular weight is 423 g/mol. The summed E-state index contributed by atoms with van der Waals surface area (Å²) in [5.74, 6) is 1.45. The van der Waals surface area contributed by atoms with Crippen LogP contribution >= 0.6 is 11.3 Å². The third kappa shape index (κ3) is 3.08. The Bertz CT molecular complexity index is 1180. The summed E-state index contributed by atoms with van der Waals surface area (Å²) in [6.07, 6.45) is 2.53. The van der Waals surface area contributed by atoms with Gasteiger partial charge in [0.05, 0.1) is 16.1 Å². The number of amides is 1. The average Bonchev–Trinajstić information content (AvgIpc) is 3.32. The summed E-state index contributed by atoms with van der Waals surface area (Å²) < 4.78 is 5.95. The van der Waals surface area contributed by atoms with Crippen LogP contribution in [0.25, 0.3) is 11.3 Å². The number of carbonyl (C=O) groups excluding carboxylic acids is 1. The highest BCUT2D eigenvalue weighted by molar-refractivity contribution is 7.16. The number of nitro benzene ring substituents is 1. The van der Waals surface area contributed by atoms with Crippen LogP contribution in [-0.4, -0.2) is 10.8 Å². The molecule has 0 saturated heterocycles. The maximum Gasteiger partial charge on any atom is 0.280 e. The van der Waals surface area contributed by atoms with Gasteiger partial charge >= 0.3 is 0 Å². The lowest BCUT2D eigenvalue weighted by molar-refractivity contribution is -0.384. The fourth-order valence-corrected chi connectivity index (χ4v) is 5.70. The van der Waals surface area contributed by atoms with Crippen molar-refractivity contribution in [3.8, 4) is 11.3 Å². The number of furan rings is 1. The summed E-state index contributed by atoms with van der Waals surface area (Å²) >= 11 is 1.65. The Kier molecular flexibility index (Phi) is 4.39. The lowest BCUT2D eigenvalue weighted by Gasteiger charge is -2.25. The van der Waals surface area contributed by atoms with Gasteiger partial charge in [-0.3, -0.25) is 14.9 Å². The number of hydrogen-bond acceptors (Lipinski definition) is 6. The molecule has 5 rings (SSSR count). The van der Waals surface area contributed by atoms with Crippen molar-refractivity contribution in [1.82, 2.24) is 5.32 Å². The Hall–Kier alpha value is -3.13. The minimum atomic E-state index is -0.513. The molecule has 1 aliphatic heterocycles. The predicted octanol–water partition coefficient (Wildman–Crippen LogP) is 5.20. The molecule has 8 heteroatoms. The number of thiophene rings is 1. The number of benzene rings is 1. The summed E-state index contributed by atoms with van der Waals surface area (Å²) in [6.45, 7) is 4.05. The minimum Gasteiger partial charge on any atom is -0.457 e. The number of nitro groups is 1. The normalized spacial score (nSPS) is 20.1. The zero-order valence-corrected chi connectivity index (χ0v) is 17.5. The van der Waals surface area contributed by atoms with Crippen LogP contribution in [0.5, 0.6) is 0 Å². The molecule has 0 saturated carbocycles. The minimum absolute atomic E-state index is 0.00104. The highest BCUT2D eigenvalue weighted by Crippen LogP contribution is 2.43. The first kappa shape index (κ1) is 18.9. The fraction of sp³-hybridized carbons (Fsp3) is 0.318. The van der Waals surface area contributed by atoms with Crippen molar-refractivity contribution in [3.63, 3.8) is 0 Å². The number of carbonyl (C=O) groups is 1. The lowest BCUT2D eigenvalue weighted by Crippen LogP contribution is -2.38. The summed E-state index contributed by atoms with van der Waals surface area (Å²) in [6, 6.07) is 8.49. The SMILES string of the molecule is Cc1ccc(-c2ccc([C@H]3NC(=O)c4c(sc5c4CC[C@H](C)C5)N3)o2)c([N+](=O)[O-])c1. The second-order valence-electron chi connectivity index (χ2n) is 8.09. The number of fused-ring (bicyclic) bond motifs is 3. The van der Waals surface area contributed by atoms with E-state index >= 15 is 0 Å². The maximum absolute atomic E-state index is 12.9. The molecule has 2 atom stereocenters. The molecule has 154 valence electrons. The van der Waals surface area contributed by atoms with Crippen molar-refractivity contribution in [1.29, 1.82) is 0 Å². The van der Waals surface area contributed by atoms with Crippen LogP contribution < -0.4 is 10.6 Å². The first-order valence-electron chi connectivity index (χ1n) is 9.98. The van der Waals surface area contributed by atoms with Crippen LogP contribution in [0.1, 0.15) is 51.6 Å². The Morgan fingerprint density at radius 1 is 1.23 bits per heavy atom. The van der Waals surface area contributed by atoms with Crippen molar-refractivity contribution < 1.29 is 14.1 Å². The third-order valence-corrected chi connectivity index (χ3v) is 7.00. The zero-order chi connectivity index (χ0) is 21.0. The molecule has 0 fully saturated rings. The second-order valence-corrected chi connectivity index (χ2v) is 9.19. The van der Waals surface area contributed by atoms with Crippen molar-refractivity contribution >= 4 is 27.9 Å². The molecule has 30 heavy (non-hydrogen) atoms. The van der Waals surface area contributed by atoms with Gasteiger partial charge in [-0.05, 0) is 61.4 Å². The Balaban J connectivity index is 1.46. The van der Waals surface area contributed by atoms with Gasteiger partial charge in [-0.2, -0.15) is 0 Å². The van der Waals surface area contributed by atoms with Gasteiger partial charge in [-0.1, -0.05) is 13.0 Å². The largest absolute Gasteiger partial charge is 0.457 e. The molecule has 2 aromatic heterocycles. The summed E-state index contributed by atoms with van der Waals surface area (Å²) in [7, 11) is 0. The van der Waals surface area contributed by atoms with E-state index in [-0.39, 0.29) is 11.6 Å². The molecule has 0 bridgehead atoms. The molecular weight excluding hydrogens is 402 g/mol. The number of aryl methyl sites for hydroxylation is 1. The molecule has 0 unspecified atom stereocenters. The summed E-state index contributed by atoms with van der Waals surface area (Å²) in [5, 5.41) is 18.7. The highest BCUT2D eigenvalue weighted by atomic mass is 32.1. The first-order chi connectivity index (χ1) is 14.4. The van der Waals surface area contributed by atoms with E-state index < -0.39 is 11.1 Å². The number of rotatable bonds is 3. The predicted molar refractivity (Wildman–Crippen MR) is 115 cm³/mol. The quantitative estimate of drug-likeness (QED) is 0.445. The lowest BCUT2D eigenvalue weighted by atomic mass is 9.88. The molecule has 7 nitrogen and oxygen atoms in total. The number of anilines is 1. The summed E-state index contributed by atoms with van der Waals surface area (Å²) in [4.78, 5) is 25.2. The van der Waals surface area contributed by atoms with Gasteiger partial charge in [0.15, 0.2) is 6.17 Å². The highest BCUT2D eigenvalue weighted by Gasteiger charge is 2.34. The monoisotopic (exact) mass is 423 g/mol. The van der Waals surface area contributed by atoms with E-state index in [1.54, 1.807) is 29.5 Å². The van der Waals surface area contributed by atoms with Crippen LogP contribution in [0.15, 0.2) is 34.7 Å². The van der Waals surface area contributed by atoms with Crippen LogP contribution in [0.3, 0.4) is 0 Å². The molecule has 1 aromatic carbocycles. The molecule has 2 N–H and O–H groups in total. The van der Waals surface area contributed by atoms with Crippen molar-refractivity contribution in [2.24, 2.45) is 5.92 Å². The molecule has 2 aliphatic rings. The summed E-state index contributed by atoms with van der Waals surface area (Å²) in [5.41, 5.74) is 3.16. The van der Waals surface area contributed by atoms with Crippen molar-refractivity contribution in [3.05, 3.63) is 67.8 Å². The number of nitrogens with one attached hydrogen (secondary N) is 2. The molecular formula is C22H21N3O4S. The number of nitrogens with zero attached hydrogens (tertiary/aromatic N) is 1. The van der Waals surface area contributed by atoms with E-state index in [0.29, 0.717) is 23.0 Å². The van der Waals surface area contributed by atoms with E-state index in [1.165, 1.54) is 16.5 Å². The van der Waals surface area contributed by atoms with Crippen LogP contribution in [-0.2, 0) is 12.8 Å². The van der Waals surface area contributed by atoms with Gasteiger partial charge < -0.3 is 15.1 Å². The topological polar surface area (TPSA) is 97.4 Å². The van der Waals surface area contributed by atoms with E-state index in [1.807, 2.05) is 13.0 Å². The standard InChI is InChI=1S/C22H21N3O4S/c1-11-3-5-13(15(9-11)25(27)28)16-7-8-17(29-16)20-23-21(26)19-14-6-4-12(2)10-18(14)30-22(19)24-20/h3,5,7-9,12,20,24H,4,6,10H2,1-2H3,(H,23,26)/t12-,20-/m0/s1. The van der Waals surface area contributed by atoms with Gasteiger partial charge in [0.25, 0.3) is 11.6 Å². The molecule has 1 aliphatic carbocycles. The van der Waals surface area contributed by atoms with Gasteiger partial charge in [-0.25, -0.2) is 0 Å². The molecule has 0 radical (unpaired) electrons. The molecule has 3 aromatic rings. The smallest absolute Gasteiger partial charge is 0.280 e. The first-order valence-corrected chi connectivity index (χ1v) is 10.8. The maximum atomic E-state index is 12.9. The second kappa shape index (κ2) is 6.98. The molecule has 0 spiro atoms. The Morgan fingerprint density at radius 3 is 2.87 bits per heavy atom. The van der Waals surface area contributed by atoms with E-state index in [4.69, 9.17) is 4.42 Å². The fourth-order valence-electron chi connectivity index (χ4n) is 4.26. The Morgan fingerprint density at radius 2 is 2.07 bits per heavy atom. The van der Waals surface area contributed by atoms with Gasteiger partial charge in [0, 0.05) is 10.9 Å².